The Morgan fingerprint density at radius 1 is 0.625 bits per heavy atom. The van der Waals surface area contributed by atoms with E-state index in [0.29, 0.717) is 13.2 Å². The number of pyridine rings is 1. The molecule has 178 valence electrons. The van der Waals surface area contributed by atoms with Gasteiger partial charge in [-0.2, -0.15) is 0 Å². The van der Waals surface area contributed by atoms with Gasteiger partial charge in [0.1, 0.15) is 12.4 Å². The molecular weight excluding hydrogens is 394 g/mol. The summed E-state index contributed by atoms with van der Waals surface area (Å²) in [4.78, 5) is 4.58. The SMILES string of the molecule is CCCCCCCCCc1ccc(-c2ccc(OCCOCCCCCCC)cn2)cc1. The van der Waals surface area contributed by atoms with E-state index in [-0.39, 0.29) is 0 Å². The van der Waals surface area contributed by atoms with Crippen LogP contribution in [0.1, 0.15) is 96.5 Å². The zero-order valence-corrected chi connectivity index (χ0v) is 20.6. The molecule has 0 unspecified atom stereocenters. The van der Waals surface area contributed by atoms with Gasteiger partial charge in [0.05, 0.1) is 18.5 Å². The summed E-state index contributed by atoms with van der Waals surface area (Å²) < 4.78 is 11.4. The van der Waals surface area contributed by atoms with Crippen LogP contribution in [0.3, 0.4) is 0 Å². The van der Waals surface area contributed by atoms with Crippen LogP contribution in [0.25, 0.3) is 11.3 Å². The highest BCUT2D eigenvalue weighted by atomic mass is 16.5. The lowest BCUT2D eigenvalue weighted by molar-refractivity contribution is 0.0970. The quantitative estimate of drug-likeness (QED) is 0.206. The van der Waals surface area contributed by atoms with Gasteiger partial charge >= 0.3 is 0 Å². The molecule has 1 aromatic carbocycles. The molecule has 0 aliphatic rings. The van der Waals surface area contributed by atoms with E-state index in [0.717, 1.165) is 30.0 Å². The molecule has 0 atom stereocenters. The molecule has 0 radical (unpaired) electrons. The van der Waals surface area contributed by atoms with E-state index < -0.39 is 0 Å². The summed E-state index contributed by atoms with van der Waals surface area (Å²) in [6.45, 7) is 6.55. The van der Waals surface area contributed by atoms with Crippen molar-refractivity contribution in [3.8, 4) is 17.0 Å². The lowest BCUT2D eigenvalue weighted by Crippen LogP contribution is -2.07. The highest BCUT2D eigenvalue weighted by Gasteiger charge is 2.02. The third-order valence-electron chi connectivity index (χ3n) is 5.94. The number of nitrogens with zero attached hydrogens (tertiary/aromatic N) is 1. The molecule has 0 saturated heterocycles. The van der Waals surface area contributed by atoms with Crippen LogP contribution in [0.15, 0.2) is 42.6 Å². The van der Waals surface area contributed by atoms with Crippen molar-refractivity contribution >= 4 is 0 Å². The zero-order chi connectivity index (χ0) is 22.7. The fourth-order valence-corrected chi connectivity index (χ4v) is 3.89. The Kier molecular flexibility index (Phi) is 14.6. The predicted octanol–water partition coefficient (Wildman–Crippen LogP) is 8.41. The molecule has 1 aromatic heterocycles. The molecule has 0 N–H and O–H groups in total. The van der Waals surface area contributed by atoms with Gasteiger partial charge in [-0.05, 0) is 37.0 Å². The monoisotopic (exact) mass is 439 g/mol. The molecule has 0 amide bonds. The first kappa shape index (κ1) is 26.4. The lowest BCUT2D eigenvalue weighted by atomic mass is 10.0. The van der Waals surface area contributed by atoms with E-state index in [4.69, 9.17) is 9.47 Å². The second kappa shape index (κ2) is 17.7. The summed E-state index contributed by atoms with van der Waals surface area (Å²) in [5, 5.41) is 0. The molecule has 2 aromatic rings. The lowest BCUT2D eigenvalue weighted by Gasteiger charge is -2.08. The van der Waals surface area contributed by atoms with Crippen LogP contribution in [-0.2, 0) is 11.2 Å². The second-order valence-electron chi connectivity index (χ2n) is 8.82. The molecule has 0 aliphatic carbocycles. The van der Waals surface area contributed by atoms with Gasteiger partial charge in [0, 0.05) is 12.2 Å². The number of unbranched alkanes of at least 4 members (excludes halogenated alkanes) is 10. The van der Waals surface area contributed by atoms with Crippen LogP contribution >= 0.6 is 0 Å². The number of rotatable bonds is 19. The Morgan fingerprint density at radius 3 is 1.94 bits per heavy atom. The van der Waals surface area contributed by atoms with Crippen molar-refractivity contribution in [1.29, 1.82) is 0 Å². The molecule has 3 nitrogen and oxygen atoms in total. The minimum absolute atomic E-state index is 0.573. The van der Waals surface area contributed by atoms with Crippen LogP contribution in [0.4, 0.5) is 0 Å². The highest BCUT2D eigenvalue weighted by molar-refractivity contribution is 5.59. The van der Waals surface area contributed by atoms with Crippen molar-refractivity contribution in [3.63, 3.8) is 0 Å². The van der Waals surface area contributed by atoms with Gasteiger partial charge in [0.25, 0.3) is 0 Å². The standard InChI is InChI=1S/C29H45NO2/c1-3-5-7-9-10-11-13-15-26-16-18-27(19-17-26)29-21-20-28(25-30-29)32-24-23-31-22-14-12-8-6-4-2/h16-21,25H,3-15,22-24H2,1-2H3. The molecule has 0 spiro atoms. The van der Waals surface area contributed by atoms with E-state index in [1.807, 2.05) is 18.3 Å². The van der Waals surface area contributed by atoms with Gasteiger partial charge in [-0.15, -0.1) is 0 Å². The summed E-state index contributed by atoms with van der Waals surface area (Å²) in [6.07, 6.45) is 18.8. The van der Waals surface area contributed by atoms with Crippen LogP contribution in [0.5, 0.6) is 5.75 Å². The summed E-state index contributed by atoms with van der Waals surface area (Å²) in [7, 11) is 0. The average molecular weight is 440 g/mol. The van der Waals surface area contributed by atoms with Crippen molar-refractivity contribution in [1.82, 2.24) is 4.98 Å². The maximum Gasteiger partial charge on any atom is 0.137 e. The van der Waals surface area contributed by atoms with Gasteiger partial charge in [-0.3, -0.25) is 4.98 Å². The maximum absolute atomic E-state index is 5.76. The Labute approximate surface area is 197 Å². The normalized spacial score (nSPS) is 11.1. The fraction of sp³-hybridized carbons (Fsp3) is 0.621. The number of aryl methyl sites for hydroxylation is 1. The third-order valence-corrected chi connectivity index (χ3v) is 5.94. The second-order valence-corrected chi connectivity index (χ2v) is 8.82. The summed E-state index contributed by atoms with van der Waals surface area (Å²) >= 11 is 0. The number of aromatic nitrogens is 1. The zero-order valence-electron chi connectivity index (χ0n) is 20.6. The van der Waals surface area contributed by atoms with Crippen LogP contribution in [0.2, 0.25) is 0 Å². The smallest absolute Gasteiger partial charge is 0.137 e. The molecule has 1 heterocycles. The number of ether oxygens (including phenoxy) is 2. The van der Waals surface area contributed by atoms with Crippen molar-refractivity contribution in [2.24, 2.45) is 0 Å². The van der Waals surface area contributed by atoms with Crippen LogP contribution in [-0.4, -0.2) is 24.8 Å². The Balaban J connectivity index is 1.60. The van der Waals surface area contributed by atoms with E-state index in [1.165, 1.54) is 82.6 Å². The molecule has 3 heteroatoms. The van der Waals surface area contributed by atoms with Gasteiger partial charge in [0.15, 0.2) is 0 Å². The topological polar surface area (TPSA) is 31.4 Å². The molecule has 0 bridgehead atoms. The van der Waals surface area contributed by atoms with Gasteiger partial charge in [-0.1, -0.05) is 102 Å². The molecule has 0 fully saturated rings. The van der Waals surface area contributed by atoms with E-state index in [9.17, 15) is 0 Å². The maximum atomic E-state index is 5.76. The molecule has 0 aliphatic heterocycles. The van der Waals surface area contributed by atoms with Crippen molar-refractivity contribution < 1.29 is 9.47 Å². The molecule has 0 saturated carbocycles. The molecule has 2 rings (SSSR count). The van der Waals surface area contributed by atoms with E-state index in [1.54, 1.807) is 0 Å². The number of benzene rings is 1. The summed E-state index contributed by atoms with van der Waals surface area (Å²) in [5.74, 6) is 0.802. The first-order chi connectivity index (χ1) is 15.8. The largest absolute Gasteiger partial charge is 0.490 e. The van der Waals surface area contributed by atoms with E-state index in [2.05, 4.69) is 43.1 Å². The van der Waals surface area contributed by atoms with E-state index >= 15 is 0 Å². The Morgan fingerprint density at radius 2 is 1.28 bits per heavy atom. The van der Waals surface area contributed by atoms with Crippen molar-refractivity contribution in [3.05, 3.63) is 48.2 Å². The van der Waals surface area contributed by atoms with Gasteiger partial charge in [0.2, 0.25) is 0 Å². The molecule has 32 heavy (non-hydrogen) atoms. The van der Waals surface area contributed by atoms with Crippen LogP contribution in [0, 0.1) is 0 Å². The average Bonchev–Trinajstić information content (AvgIpc) is 2.83. The van der Waals surface area contributed by atoms with Crippen molar-refractivity contribution in [2.75, 3.05) is 19.8 Å². The number of hydrogen-bond donors (Lipinski definition) is 0. The first-order valence-electron chi connectivity index (χ1n) is 13.1. The van der Waals surface area contributed by atoms with Crippen LogP contribution < -0.4 is 4.74 Å². The number of hydrogen-bond acceptors (Lipinski definition) is 3. The summed E-state index contributed by atoms with van der Waals surface area (Å²) in [5.41, 5.74) is 3.57. The highest BCUT2D eigenvalue weighted by Crippen LogP contribution is 2.21. The van der Waals surface area contributed by atoms with Crippen molar-refractivity contribution in [2.45, 2.75) is 97.3 Å². The third kappa shape index (κ3) is 11.7. The molecular formula is C29H45NO2. The minimum Gasteiger partial charge on any atom is -0.490 e. The fourth-order valence-electron chi connectivity index (χ4n) is 3.89. The summed E-state index contributed by atoms with van der Waals surface area (Å²) in [6, 6.07) is 12.9. The Hall–Kier alpha value is -1.87. The Bertz CT molecular complexity index is 681. The van der Waals surface area contributed by atoms with Gasteiger partial charge < -0.3 is 9.47 Å². The minimum atomic E-state index is 0.573. The van der Waals surface area contributed by atoms with Gasteiger partial charge in [-0.25, -0.2) is 0 Å². The first-order valence-corrected chi connectivity index (χ1v) is 13.1. The predicted molar refractivity (Wildman–Crippen MR) is 136 cm³/mol.